The molecule has 0 amide bonds. The Morgan fingerprint density at radius 2 is 1.67 bits per heavy atom. The number of rotatable bonds is 2. The van der Waals surface area contributed by atoms with Crippen LogP contribution < -0.4 is 0 Å². The van der Waals surface area contributed by atoms with Crippen molar-refractivity contribution in [3.8, 4) is 0 Å². The van der Waals surface area contributed by atoms with Crippen LogP contribution in [0, 0.1) is 5.92 Å². The van der Waals surface area contributed by atoms with E-state index >= 15 is 0 Å². The molecule has 0 saturated carbocycles. The van der Waals surface area contributed by atoms with E-state index in [1.807, 2.05) is 0 Å². The van der Waals surface area contributed by atoms with Gasteiger partial charge in [-0.3, -0.25) is 4.90 Å². The van der Waals surface area contributed by atoms with E-state index in [2.05, 4.69) is 0 Å². The monoisotopic (exact) mass is 219 g/mol. The van der Waals surface area contributed by atoms with Gasteiger partial charge in [0.05, 0.1) is 37.6 Å². The maximum Gasteiger partial charge on any atom is 0.0991 e. The van der Waals surface area contributed by atoms with E-state index in [0.29, 0.717) is 0 Å². The van der Waals surface area contributed by atoms with Gasteiger partial charge in [0.15, 0.2) is 0 Å². The van der Waals surface area contributed by atoms with Crippen LogP contribution in [0.5, 0.6) is 0 Å². The SMILES string of the molecule is OC[C@H]1[C@@H]2[C@@H](O)[C@H](O)[C@@H](CO)N2C[C@@H]1O. The summed E-state index contributed by atoms with van der Waals surface area (Å²) in [5.41, 5.74) is 0. The van der Waals surface area contributed by atoms with E-state index in [9.17, 15) is 15.3 Å². The molecular formula is C9H17NO5. The van der Waals surface area contributed by atoms with Crippen molar-refractivity contribution >= 4 is 0 Å². The van der Waals surface area contributed by atoms with Crippen LogP contribution in [-0.2, 0) is 0 Å². The van der Waals surface area contributed by atoms with Crippen molar-refractivity contribution in [2.24, 2.45) is 5.92 Å². The zero-order valence-corrected chi connectivity index (χ0v) is 8.27. The second-order valence-corrected chi connectivity index (χ2v) is 4.33. The molecule has 15 heavy (non-hydrogen) atoms. The van der Waals surface area contributed by atoms with Gasteiger partial charge in [0.2, 0.25) is 0 Å². The van der Waals surface area contributed by atoms with Crippen molar-refractivity contribution in [3.63, 3.8) is 0 Å². The number of fused-ring (bicyclic) bond motifs is 1. The van der Waals surface area contributed by atoms with Gasteiger partial charge in [0.25, 0.3) is 0 Å². The van der Waals surface area contributed by atoms with Crippen LogP contribution in [0.1, 0.15) is 0 Å². The molecule has 5 N–H and O–H groups in total. The minimum Gasteiger partial charge on any atom is -0.396 e. The summed E-state index contributed by atoms with van der Waals surface area (Å²) in [5, 5.41) is 47.2. The van der Waals surface area contributed by atoms with Gasteiger partial charge in [-0.2, -0.15) is 0 Å². The third kappa shape index (κ3) is 1.49. The van der Waals surface area contributed by atoms with Crippen LogP contribution >= 0.6 is 0 Å². The Labute approximate surface area is 87.4 Å². The molecule has 0 radical (unpaired) electrons. The molecule has 0 unspecified atom stereocenters. The highest BCUT2D eigenvalue weighted by Crippen LogP contribution is 2.36. The van der Waals surface area contributed by atoms with Crippen molar-refractivity contribution < 1.29 is 25.5 Å². The summed E-state index contributed by atoms with van der Waals surface area (Å²) in [6.07, 6.45) is -2.74. The predicted molar refractivity (Wildman–Crippen MR) is 50.0 cm³/mol. The predicted octanol–water partition coefficient (Wildman–Crippen LogP) is -3.26. The molecule has 6 nitrogen and oxygen atoms in total. The van der Waals surface area contributed by atoms with Gasteiger partial charge in [-0.05, 0) is 0 Å². The topological polar surface area (TPSA) is 104 Å². The molecule has 6 heteroatoms. The lowest BCUT2D eigenvalue weighted by Crippen LogP contribution is -2.40. The molecule has 0 spiro atoms. The van der Waals surface area contributed by atoms with Gasteiger partial charge in [0, 0.05) is 18.5 Å². The third-order valence-electron chi connectivity index (χ3n) is 3.63. The van der Waals surface area contributed by atoms with Gasteiger partial charge in [-0.25, -0.2) is 0 Å². The maximum atomic E-state index is 9.76. The van der Waals surface area contributed by atoms with Gasteiger partial charge in [-0.15, -0.1) is 0 Å². The van der Waals surface area contributed by atoms with E-state index < -0.39 is 36.3 Å². The molecule has 0 aromatic heterocycles. The van der Waals surface area contributed by atoms with Crippen LogP contribution in [0.15, 0.2) is 0 Å². The average molecular weight is 219 g/mol. The molecule has 0 aromatic rings. The molecule has 0 aliphatic carbocycles. The zero-order valence-electron chi connectivity index (χ0n) is 8.27. The lowest BCUT2D eigenvalue weighted by atomic mass is 9.94. The van der Waals surface area contributed by atoms with Gasteiger partial charge < -0.3 is 25.5 Å². The summed E-state index contributed by atoms with van der Waals surface area (Å²) >= 11 is 0. The Hall–Kier alpha value is -0.240. The van der Waals surface area contributed by atoms with Crippen LogP contribution in [0.4, 0.5) is 0 Å². The van der Waals surface area contributed by atoms with E-state index in [4.69, 9.17) is 10.2 Å². The summed E-state index contributed by atoms with van der Waals surface area (Å²) in [7, 11) is 0. The first-order valence-corrected chi connectivity index (χ1v) is 5.13. The fourth-order valence-electron chi connectivity index (χ4n) is 2.82. The third-order valence-corrected chi connectivity index (χ3v) is 3.63. The fourth-order valence-corrected chi connectivity index (χ4v) is 2.82. The lowest BCUT2D eigenvalue weighted by molar-refractivity contribution is -0.00819. The number of aliphatic hydroxyl groups is 5. The van der Waals surface area contributed by atoms with E-state index in [0.717, 1.165) is 0 Å². The normalized spacial score (nSPS) is 51.0. The lowest BCUT2D eigenvalue weighted by Gasteiger charge is -2.23. The number of hydrogen-bond donors (Lipinski definition) is 5. The summed E-state index contributed by atoms with van der Waals surface area (Å²) in [6, 6.07) is -1.01. The van der Waals surface area contributed by atoms with Crippen LogP contribution in [0.2, 0.25) is 0 Å². The molecule has 2 aliphatic rings. The standard InChI is InChI=1S/C9H17NO5/c11-2-4-6(13)1-10-5(3-12)8(14)9(15)7(4)10/h4-9,11-15H,1-3H2/t4-,5-,6+,7-,8-,9-/m1/s1. The minimum atomic E-state index is -1.02. The molecule has 2 fully saturated rings. The van der Waals surface area contributed by atoms with Crippen molar-refractivity contribution in [3.05, 3.63) is 0 Å². The second-order valence-electron chi connectivity index (χ2n) is 4.33. The Morgan fingerprint density at radius 3 is 2.20 bits per heavy atom. The fraction of sp³-hybridized carbons (Fsp3) is 1.00. The first-order valence-electron chi connectivity index (χ1n) is 5.13. The highest BCUT2D eigenvalue weighted by atomic mass is 16.3. The van der Waals surface area contributed by atoms with E-state index in [1.54, 1.807) is 4.90 Å². The number of nitrogens with zero attached hydrogens (tertiary/aromatic N) is 1. The molecule has 88 valence electrons. The second kappa shape index (κ2) is 3.97. The molecule has 2 aliphatic heterocycles. The zero-order chi connectivity index (χ0) is 11.2. The largest absolute Gasteiger partial charge is 0.396 e. The van der Waals surface area contributed by atoms with Crippen molar-refractivity contribution in [1.82, 2.24) is 4.90 Å². The van der Waals surface area contributed by atoms with Gasteiger partial charge in [0.1, 0.15) is 0 Å². The van der Waals surface area contributed by atoms with Crippen LogP contribution in [0.25, 0.3) is 0 Å². The highest BCUT2D eigenvalue weighted by Gasteiger charge is 2.56. The highest BCUT2D eigenvalue weighted by molar-refractivity contribution is 5.09. The van der Waals surface area contributed by atoms with Crippen LogP contribution in [-0.4, -0.2) is 80.6 Å². The van der Waals surface area contributed by atoms with Gasteiger partial charge >= 0.3 is 0 Å². The smallest absolute Gasteiger partial charge is 0.0991 e. The maximum absolute atomic E-state index is 9.76. The molecular weight excluding hydrogens is 202 g/mol. The van der Waals surface area contributed by atoms with Crippen LogP contribution in [0.3, 0.4) is 0 Å². The molecule has 0 bridgehead atoms. The summed E-state index contributed by atoms with van der Waals surface area (Å²) in [4.78, 5) is 1.68. The first-order chi connectivity index (χ1) is 7.11. The quantitative estimate of drug-likeness (QED) is 0.334. The molecule has 6 atom stereocenters. The van der Waals surface area contributed by atoms with E-state index in [1.165, 1.54) is 0 Å². The summed E-state index contributed by atoms with van der Waals surface area (Å²) in [6.45, 7) is -0.223. The summed E-state index contributed by atoms with van der Waals surface area (Å²) < 4.78 is 0. The first kappa shape index (κ1) is 11.3. The Morgan fingerprint density at radius 1 is 1.00 bits per heavy atom. The van der Waals surface area contributed by atoms with Crippen molar-refractivity contribution in [2.75, 3.05) is 19.8 Å². The Kier molecular flexibility index (Phi) is 2.98. The minimum absolute atomic E-state index is 0.232. The molecule has 2 saturated heterocycles. The van der Waals surface area contributed by atoms with E-state index in [-0.39, 0.29) is 19.8 Å². The molecule has 2 rings (SSSR count). The molecule has 2 heterocycles. The Bertz CT molecular complexity index is 237. The number of aliphatic hydroxyl groups excluding tert-OH is 5. The van der Waals surface area contributed by atoms with Crippen molar-refractivity contribution in [1.29, 1.82) is 0 Å². The average Bonchev–Trinajstić information content (AvgIpc) is 2.64. The van der Waals surface area contributed by atoms with Crippen molar-refractivity contribution in [2.45, 2.75) is 30.4 Å². The van der Waals surface area contributed by atoms with Gasteiger partial charge in [-0.1, -0.05) is 0 Å². The molecule has 0 aromatic carbocycles. The summed E-state index contributed by atoms with van der Waals surface area (Å²) in [5.74, 6) is -0.453. The Balaban J connectivity index is 2.21. The number of hydrogen-bond acceptors (Lipinski definition) is 6.